The molecule has 0 radical (unpaired) electrons. The number of halogens is 8. The second-order valence-electron chi connectivity index (χ2n) is 10.4. The smallest absolute Gasteiger partial charge is 0.418 e. The molecule has 10 nitrogen and oxygen atoms in total. The number of hydrogen-bond donors (Lipinski definition) is 1. The minimum atomic E-state index is -5.00. The molecule has 4 heterocycles. The van der Waals surface area contributed by atoms with E-state index in [1.54, 1.807) is 11.8 Å². The second kappa shape index (κ2) is 12.7. The molecule has 1 atom stereocenters. The third-order valence-corrected chi connectivity index (χ3v) is 8.28. The number of nitrogen functional groups attached to an aromatic ring is 1. The van der Waals surface area contributed by atoms with Crippen LogP contribution >= 0.6 is 23.2 Å². The van der Waals surface area contributed by atoms with E-state index in [0.29, 0.717) is 42.7 Å². The Morgan fingerprint density at radius 2 is 2.00 bits per heavy atom. The molecule has 45 heavy (non-hydrogen) atoms. The first kappa shape index (κ1) is 32.9. The van der Waals surface area contributed by atoms with Gasteiger partial charge in [0.1, 0.15) is 5.82 Å². The van der Waals surface area contributed by atoms with Gasteiger partial charge in [-0.1, -0.05) is 23.2 Å². The fraction of sp³-hybridized carbons (Fsp3) is 0.481. The molecule has 0 saturated heterocycles. The molecular formula is C27H27Cl2F6N7O3. The zero-order valence-electron chi connectivity index (χ0n) is 23.9. The average molecular weight is 682 g/mol. The number of alkyl halides is 5. The van der Waals surface area contributed by atoms with E-state index in [0.717, 1.165) is 4.90 Å². The highest BCUT2D eigenvalue weighted by atomic mass is 35.5. The topological polar surface area (TPSA) is 112 Å². The Hall–Kier alpha value is -3.50. The van der Waals surface area contributed by atoms with E-state index in [2.05, 4.69) is 15.1 Å². The van der Waals surface area contributed by atoms with Gasteiger partial charge in [0, 0.05) is 37.2 Å². The molecule has 1 amide bonds. The number of nitrogens with two attached hydrogens (primary N) is 1. The highest BCUT2D eigenvalue weighted by Crippen LogP contribution is 2.46. The van der Waals surface area contributed by atoms with E-state index in [9.17, 15) is 26.7 Å². The van der Waals surface area contributed by atoms with Crippen LogP contribution in [0.1, 0.15) is 58.0 Å². The molecule has 3 aromatic rings. The first-order valence-electron chi connectivity index (χ1n) is 13.7. The van der Waals surface area contributed by atoms with Crippen LogP contribution in [0.4, 0.5) is 37.8 Å². The summed E-state index contributed by atoms with van der Waals surface area (Å²) in [5.41, 5.74) is 3.79. The number of amides is 1. The summed E-state index contributed by atoms with van der Waals surface area (Å²) in [6.07, 6.45) is -8.97. The molecule has 0 aliphatic carbocycles. The lowest BCUT2D eigenvalue weighted by molar-refractivity contribution is -0.140. The largest absolute Gasteiger partial charge is 0.467 e. The van der Waals surface area contributed by atoms with Gasteiger partial charge >= 0.3 is 12.2 Å². The van der Waals surface area contributed by atoms with Gasteiger partial charge in [-0.2, -0.15) is 28.2 Å². The molecule has 0 saturated carbocycles. The van der Waals surface area contributed by atoms with Gasteiger partial charge in [0.15, 0.2) is 11.5 Å². The first-order valence-corrected chi connectivity index (χ1v) is 14.5. The number of aryl methyl sites for hydroxylation is 1. The van der Waals surface area contributed by atoms with Crippen LogP contribution in [0.5, 0.6) is 6.01 Å². The maximum absolute atomic E-state index is 15.2. The van der Waals surface area contributed by atoms with Crippen molar-refractivity contribution in [2.24, 2.45) is 0 Å². The highest BCUT2D eigenvalue weighted by molar-refractivity contribution is 6.34. The van der Waals surface area contributed by atoms with Crippen molar-refractivity contribution in [3.63, 3.8) is 0 Å². The summed E-state index contributed by atoms with van der Waals surface area (Å²) in [5, 5.41) is 3.56. The number of carbonyl (C=O) groups is 1. The van der Waals surface area contributed by atoms with E-state index in [4.69, 9.17) is 38.4 Å². The number of hydrogen-bond acceptors (Lipinski definition) is 8. The van der Waals surface area contributed by atoms with Crippen molar-refractivity contribution < 1.29 is 40.6 Å². The fourth-order valence-corrected chi connectivity index (χ4v) is 6.10. The first-order chi connectivity index (χ1) is 21.2. The number of aromatic nitrogens is 4. The molecule has 0 fully saturated rings. The summed E-state index contributed by atoms with van der Waals surface area (Å²) in [4.78, 5) is 24.6. The van der Waals surface area contributed by atoms with Crippen LogP contribution in [0, 0.1) is 5.82 Å². The fourth-order valence-electron chi connectivity index (χ4n) is 5.50. The van der Waals surface area contributed by atoms with E-state index >= 15 is 4.39 Å². The van der Waals surface area contributed by atoms with E-state index in [-0.39, 0.29) is 48.5 Å². The Kier molecular flexibility index (Phi) is 9.29. The van der Waals surface area contributed by atoms with Gasteiger partial charge in [0.25, 0.3) is 12.3 Å². The van der Waals surface area contributed by atoms with Gasteiger partial charge in [-0.3, -0.25) is 9.48 Å². The lowest BCUT2D eigenvalue weighted by atomic mass is 9.93. The zero-order chi connectivity index (χ0) is 32.8. The van der Waals surface area contributed by atoms with Gasteiger partial charge in [0.2, 0.25) is 0 Å². The molecule has 244 valence electrons. The lowest BCUT2D eigenvalue weighted by Crippen LogP contribution is -2.35. The molecule has 2 aliphatic rings. The van der Waals surface area contributed by atoms with Gasteiger partial charge in [-0.15, -0.1) is 0 Å². The summed E-state index contributed by atoms with van der Waals surface area (Å²) in [6.45, 7) is 1.35. The quantitative estimate of drug-likeness (QED) is 0.251. The Morgan fingerprint density at radius 1 is 1.27 bits per heavy atom. The minimum absolute atomic E-state index is 0.000445. The number of ether oxygens (including phenoxy) is 2. The zero-order valence-corrected chi connectivity index (χ0v) is 25.4. The predicted octanol–water partition coefficient (Wildman–Crippen LogP) is 5.68. The van der Waals surface area contributed by atoms with Crippen molar-refractivity contribution >= 4 is 40.6 Å². The van der Waals surface area contributed by atoms with Crippen LogP contribution in [-0.4, -0.2) is 63.7 Å². The SMILES string of the molecule is CCN(CC(F)F)C(=O)c1nn2c(c1Cl)CN(c1nc(OC)nc3c1COC(c1c(F)c(N)cc(Cl)c1C(F)(F)F)C3)CCC2. The molecule has 1 unspecified atom stereocenters. The van der Waals surface area contributed by atoms with E-state index in [1.807, 2.05) is 0 Å². The van der Waals surface area contributed by atoms with Crippen LogP contribution in [0.15, 0.2) is 6.07 Å². The number of nitrogens with zero attached hydrogens (tertiary/aromatic N) is 6. The lowest BCUT2D eigenvalue weighted by Gasteiger charge is -2.31. The van der Waals surface area contributed by atoms with Crippen LogP contribution in [0.25, 0.3) is 0 Å². The van der Waals surface area contributed by atoms with Crippen molar-refractivity contribution in [2.45, 2.75) is 58.2 Å². The molecule has 18 heteroatoms. The van der Waals surface area contributed by atoms with Crippen molar-refractivity contribution in [1.29, 1.82) is 0 Å². The number of anilines is 2. The molecule has 0 spiro atoms. The van der Waals surface area contributed by atoms with E-state index in [1.165, 1.54) is 11.8 Å². The number of methoxy groups -OCH3 is 1. The summed E-state index contributed by atoms with van der Waals surface area (Å²) >= 11 is 12.5. The van der Waals surface area contributed by atoms with E-state index < -0.39 is 58.8 Å². The third-order valence-electron chi connectivity index (χ3n) is 7.59. The Bertz CT molecular complexity index is 1620. The summed E-state index contributed by atoms with van der Waals surface area (Å²) < 4.78 is 95.8. The molecule has 5 rings (SSSR count). The van der Waals surface area contributed by atoms with Gasteiger partial charge in [-0.05, 0) is 19.4 Å². The van der Waals surface area contributed by atoms with Crippen molar-refractivity contribution in [2.75, 3.05) is 37.4 Å². The van der Waals surface area contributed by atoms with Crippen molar-refractivity contribution in [3.05, 3.63) is 55.7 Å². The third kappa shape index (κ3) is 6.31. The molecule has 2 aromatic heterocycles. The molecular weight excluding hydrogens is 655 g/mol. The summed E-state index contributed by atoms with van der Waals surface area (Å²) in [5.74, 6) is -1.70. The Labute approximate surface area is 263 Å². The minimum Gasteiger partial charge on any atom is -0.467 e. The standard InChI is InChI=1S/C27H27Cl2F6N7O3/c1-3-40(10-18(30)31)25(43)23-21(29)16-9-41(5-4-6-42(16)39-23)24-12-11-45-17(8-15(12)37-26(38-24)44-2)19-20(27(33,34)35)13(28)7-14(36)22(19)32/h7,17-18H,3-6,8-11,36H2,1-2H3. The monoisotopic (exact) mass is 681 g/mol. The number of benzene rings is 1. The van der Waals surface area contributed by atoms with Crippen molar-refractivity contribution in [1.82, 2.24) is 24.6 Å². The number of fused-ring (bicyclic) bond motifs is 2. The van der Waals surface area contributed by atoms with Crippen LogP contribution in [0.2, 0.25) is 10.0 Å². The van der Waals surface area contributed by atoms with Crippen LogP contribution in [-0.2, 0) is 37.0 Å². The normalized spacial score (nSPS) is 16.8. The summed E-state index contributed by atoms with van der Waals surface area (Å²) in [6, 6.07) is 0.604. The molecule has 2 aliphatic heterocycles. The molecule has 1 aromatic carbocycles. The van der Waals surface area contributed by atoms with Gasteiger partial charge in [0.05, 0.1) is 65.6 Å². The number of carbonyl (C=O) groups excluding carboxylic acids is 1. The number of rotatable bonds is 7. The summed E-state index contributed by atoms with van der Waals surface area (Å²) in [7, 11) is 1.31. The highest BCUT2D eigenvalue weighted by Gasteiger charge is 2.42. The van der Waals surface area contributed by atoms with Crippen molar-refractivity contribution in [3.8, 4) is 6.01 Å². The van der Waals surface area contributed by atoms with Crippen LogP contribution < -0.4 is 15.4 Å². The second-order valence-corrected chi connectivity index (χ2v) is 11.1. The maximum atomic E-state index is 15.2. The molecule has 0 bridgehead atoms. The van der Waals surface area contributed by atoms with Gasteiger partial charge < -0.3 is 25.0 Å². The Morgan fingerprint density at radius 3 is 2.64 bits per heavy atom. The van der Waals surface area contributed by atoms with Gasteiger partial charge in [-0.25, -0.2) is 13.2 Å². The average Bonchev–Trinajstić information content (AvgIpc) is 3.14. The maximum Gasteiger partial charge on any atom is 0.418 e. The predicted molar refractivity (Wildman–Crippen MR) is 151 cm³/mol. The molecule has 2 N–H and O–H groups in total. The van der Waals surface area contributed by atoms with Crippen LogP contribution in [0.3, 0.4) is 0 Å². The Balaban J connectivity index is 1.51.